The zero-order chi connectivity index (χ0) is 12.4. The lowest BCUT2D eigenvalue weighted by molar-refractivity contribution is 0.0989. The van der Waals surface area contributed by atoms with Crippen molar-refractivity contribution in [3.63, 3.8) is 0 Å². The zero-order valence-corrected chi connectivity index (χ0v) is 9.53. The second-order valence-corrected chi connectivity index (χ2v) is 4.22. The fraction of sp³-hybridized carbons (Fsp3) is 0. The van der Waals surface area contributed by atoms with Crippen molar-refractivity contribution in [2.75, 3.05) is 0 Å². The topological polar surface area (TPSA) is 99.1 Å². The number of benzene rings is 1. The first-order valence-corrected chi connectivity index (χ1v) is 5.61. The molecule has 0 unspecified atom stereocenters. The second kappa shape index (κ2) is 4.34. The Bertz CT molecular complexity index is 578. The summed E-state index contributed by atoms with van der Waals surface area (Å²) in [7, 11) is 0. The first-order chi connectivity index (χ1) is 8.09. The van der Waals surface area contributed by atoms with Crippen molar-refractivity contribution in [1.29, 1.82) is 0 Å². The van der Waals surface area contributed by atoms with Gasteiger partial charge in [0.2, 0.25) is 11.8 Å². The minimum absolute atomic E-state index is 0.320. The molecule has 0 aliphatic heterocycles. The molecule has 0 radical (unpaired) electrons. The SMILES string of the molecule is NC(=O)c1ccc(C(N)=O)c(-c2nccs2)c1. The Balaban J connectivity index is 2.64. The lowest BCUT2D eigenvalue weighted by Crippen LogP contribution is -2.15. The van der Waals surface area contributed by atoms with Crippen molar-refractivity contribution in [2.24, 2.45) is 11.5 Å². The van der Waals surface area contributed by atoms with Gasteiger partial charge in [-0.1, -0.05) is 0 Å². The van der Waals surface area contributed by atoms with Gasteiger partial charge in [-0.25, -0.2) is 4.98 Å². The molecule has 2 rings (SSSR count). The molecule has 1 heterocycles. The van der Waals surface area contributed by atoms with E-state index in [2.05, 4.69) is 4.98 Å². The van der Waals surface area contributed by atoms with Crippen LogP contribution in [0.2, 0.25) is 0 Å². The van der Waals surface area contributed by atoms with Gasteiger partial charge in [-0.15, -0.1) is 11.3 Å². The molecule has 1 aromatic carbocycles. The average Bonchev–Trinajstić information content (AvgIpc) is 2.81. The van der Waals surface area contributed by atoms with Crippen LogP contribution in [-0.2, 0) is 0 Å². The van der Waals surface area contributed by atoms with Crippen LogP contribution >= 0.6 is 11.3 Å². The summed E-state index contributed by atoms with van der Waals surface area (Å²) >= 11 is 1.36. The quantitative estimate of drug-likeness (QED) is 0.846. The van der Waals surface area contributed by atoms with E-state index in [4.69, 9.17) is 11.5 Å². The number of nitrogens with zero attached hydrogens (tertiary/aromatic N) is 1. The monoisotopic (exact) mass is 247 g/mol. The molecule has 2 aromatic rings. The molecule has 0 saturated carbocycles. The van der Waals surface area contributed by atoms with Gasteiger partial charge < -0.3 is 11.5 Å². The molecule has 2 amide bonds. The lowest BCUT2D eigenvalue weighted by atomic mass is 10.0. The number of carbonyl (C=O) groups is 2. The number of aromatic nitrogens is 1. The van der Waals surface area contributed by atoms with E-state index in [0.29, 0.717) is 21.7 Å². The molecule has 0 saturated heterocycles. The maximum Gasteiger partial charge on any atom is 0.249 e. The van der Waals surface area contributed by atoms with Crippen LogP contribution in [0.3, 0.4) is 0 Å². The minimum Gasteiger partial charge on any atom is -0.366 e. The Morgan fingerprint density at radius 3 is 2.47 bits per heavy atom. The molecule has 6 heteroatoms. The Labute approximate surface area is 101 Å². The van der Waals surface area contributed by atoms with Crippen LogP contribution in [0.5, 0.6) is 0 Å². The van der Waals surface area contributed by atoms with Crippen LogP contribution in [0.1, 0.15) is 20.7 Å². The molecule has 4 N–H and O–H groups in total. The summed E-state index contributed by atoms with van der Waals surface area (Å²) in [6.07, 6.45) is 1.61. The fourth-order valence-corrected chi connectivity index (χ4v) is 2.11. The van der Waals surface area contributed by atoms with Gasteiger partial charge in [-0.3, -0.25) is 9.59 Å². The molecule has 0 fully saturated rings. The van der Waals surface area contributed by atoms with Crippen molar-refractivity contribution in [3.8, 4) is 10.6 Å². The third kappa shape index (κ3) is 2.16. The van der Waals surface area contributed by atoms with Crippen molar-refractivity contribution in [2.45, 2.75) is 0 Å². The molecular weight excluding hydrogens is 238 g/mol. The van der Waals surface area contributed by atoms with Crippen molar-refractivity contribution in [1.82, 2.24) is 4.98 Å². The Morgan fingerprint density at radius 2 is 1.94 bits per heavy atom. The highest BCUT2D eigenvalue weighted by Crippen LogP contribution is 2.26. The Hall–Kier alpha value is -2.21. The van der Waals surface area contributed by atoms with Crippen LogP contribution in [0.25, 0.3) is 10.6 Å². The maximum atomic E-state index is 11.3. The molecule has 0 aliphatic rings. The Morgan fingerprint density at radius 1 is 1.18 bits per heavy atom. The van der Waals surface area contributed by atoms with Gasteiger partial charge in [0.25, 0.3) is 0 Å². The highest BCUT2D eigenvalue weighted by atomic mass is 32.1. The summed E-state index contributed by atoms with van der Waals surface area (Å²) in [6, 6.07) is 4.49. The number of rotatable bonds is 3. The van der Waals surface area contributed by atoms with Gasteiger partial charge in [0.15, 0.2) is 0 Å². The standard InChI is InChI=1S/C11H9N3O2S/c12-9(15)6-1-2-7(10(13)16)8(5-6)11-14-3-4-17-11/h1-5H,(H2,12,15)(H2,13,16). The van der Waals surface area contributed by atoms with E-state index in [1.807, 2.05) is 0 Å². The first kappa shape index (κ1) is 11.3. The third-order valence-electron chi connectivity index (χ3n) is 2.23. The van der Waals surface area contributed by atoms with E-state index in [1.165, 1.54) is 29.5 Å². The van der Waals surface area contributed by atoms with Crippen molar-refractivity contribution < 1.29 is 9.59 Å². The smallest absolute Gasteiger partial charge is 0.249 e. The number of hydrogen-bond donors (Lipinski definition) is 2. The van der Waals surface area contributed by atoms with E-state index < -0.39 is 11.8 Å². The summed E-state index contributed by atoms with van der Waals surface area (Å²) in [5.41, 5.74) is 11.6. The molecule has 0 atom stereocenters. The van der Waals surface area contributed by atoms with Crippen LogP contribution in [0.4, 0.5) is 0 Å². The average molecular weight is 247 g/mol. The molecular formula is C11H9N3O2S. The number of amides is 2. The molecule has 0 spiro atoms. The predicted molar refractivity (Wildman–Crippen MR) is 64.6 cm³/mol. The second-order valence-electron chi connectivity index (χ2n) is 3.33. The van der Waals surface area contributed by atoms with E-state index in [0.717, 1.165) is 0 Å². The molecule has 17 heavy (non-hydrogen) atoms. The number of thiazole rings is 1. The summed E-state index contributed by atoms with van der Waals surface area (Å²) in [4.78, 5) is 26.5. The first-order valence-electron chi connectivity index (χ1n) is 4.73. The van der Waals surface area contributed by atoms with E-state index in [-0.39, 0.29) is 0 Å². The lowest BCUT2D eigenvalue weighted by Gasteiger charge is -2.05. The van der Waals surface area contributed by atoms with Crippen molar-refractivity contribution >= 4 is 23.2 Å². The zero-order valence-electron chi connectivity index (χ0n) is 8.71. The largest absolute Gasteiger partial charge is 0.366 e. The molecule has 0 bridgehead atoms. The number of nitrogens with two attached hydrogens (primary N) is 2. The molecule has 86 valence electrons. The maximum absolute atomic E-state index is 11.3. The summed E-state index contributed by atoms with van der Waals surface area (Å²) in [6.45, 7) is 0. The Kier molecular flexibility index (Phi) is 2.88. The van der Waals surface area contributed by atoms with Gasteiger partial charge in [-0.05, 0) is 18.2 Å². The van der Waals surface area contributed by atoms with E-state index >= 15 is 0 Å². The van der Waals surface area contributed by atoms with Crippen molar-refractivity contribution in [3.05, 3.63) is 40.9 Å². The fourth-order valence-electron chi connectivity index (χ4n) is 1.45. The van der Waals surface area contributed by atoms with Crippen LogP contribution in [0.15, 0.2) is 29.8 Å². The van der Waals surface area contributed by atoms with E-state index in [9.17, 15) is 9.59 Å². The summed E-state index contributed by atoms with van der Waals surface area (Å²) in [5.74, 6) is -1.12. The number of primary amides is 2. The normalized spacial score (nSPS) is 10.1. The van der Waals surface area contributed by atoms with Crippen LogP contribution in [-0.4, -0.2) is 16.8 Å². The highest BCUT2D eigenvalue weighted by Gasteiger charge is 2.14. The van der Waals surface area contributed by atoms with Gasteiger partial charge in [-0.2, -0.15) is 0 Å². The van der Waals surface area contributed by atoms with Gasteiger partial charge >= 0.3 is 0 Å². The van der Waals surface area contributed by atoms with Gasteiger partial charge in [0.05, 0.1) is 0 Å². The minimum atomic E-state index is -0.564. The summed E-state index contributed by atoms with van der Waals surface area (Å²) in [5, 5.41) is 2.40. The van der Waals surface area contributed by atoms with Gasteiger partial charge in [0, 0.05) is 28.3 Å². The van der Waals surface area contributed by atoms with Gasteiger partial charge in [0.1, 0.15) is 5.01 Å². The van der Waals surface area contributed by atoms with Crippen LogP contribution in [0, 0.1) is 0 Å². The highest BCUT2D eigenvalue weighted by molar-refractivity contribution is 7.13. The van der Waals surface area contributed by atoms with Crippen LogP contribution < -0.4 is 11.5 Å². The third-order valence-corrected chi connectivity index (χ3v) is 3.04. The predicted octanol–water partition coefficient (Wildman–Crippen LogP) is 1.01. The molecule has 1 aromatic heterocycles. The number of hydrogen-bond acceptors (Lipinski definition) is 4. The summed E-state index contributed by atoms with van der Waals surface area (Å²) < 4.78 is 0. The number of carbonyl (C=O) groups excluding carboxylic acids is 2. The molecule has 0 aliphatic carbocycles. The van der Waals surface area contributed by atoms with E-state index in [1.54, 1.807) is 11.6 Å². The molecule has 5 nitrogen and oxygen atoms in total.